The Hall–Kier alpha value is -3.92. The van der Waals surface area contributed by atoms with Gasteiger partial charge in [0.25, 0.3) is 0 Å². The quantitative estimate of drug-likeness (QED) is 0.0530. The van der Waals surface area contributed by atoms with Gasteiger partial charge in [0.15, 0.2) is 29.2 Å². The Bertz CT molecular complexity index is 1690. The van der Waals surface area contributed by atoms with Crippen molar-refractivity contribution in [2.75, 3.05) is 27.4 Å². The Kier molecular flexibility index (Phi) is 12.8. The monoisotopic (exact) mass is 798 g/mol. The molecule has 0 spiro atoms. The first-order valence-corrected chi connectivity index (χ1v) is 16.0. The summed E-state index contributed by atoms with van der Waals surface area (Å²) in [7, 11) is 2.81. The highest BCUT2D eigenvalue weighted by Gasteiger charge is 2.32. The molecule has 4 N–H and O–H groups in total. The molecule has 0 radical (unpaired) electrons. The number of hydrazone groups is 1. The SMILES string of the molecule is CCOc1cc([C@@H]2NC(=O)NC(C)=C2C(=O)OC)ccc1OC[C@H](O)N/N=C/c1cc(I)cc(OC)c1OCc1ccc(Cl)cc1Cl. The van der Waals surface area contributed by atoms with E-state index in [0.717, 1.165) is 9.13 Å². The second-order valence-electron chi connectivity index (χ2n) is 9.97. The zero-order valence-electron chi connectivity index (χ0n) is 25.9. The summed E-state index contributed by atoms with van der Waals surface area (Å²) < 4.78 is 29.0. The summed E-state index contributed by atoms with van der Waals surface area (Å²) in [4.78, 5) is 24.7. The lowest BCUT2D eigenvalue weighted by atomic mass is 9.95. The van der Waals surface area contributed by atoms with Crippen molar-refractivity contribution < 1.29 is 38.4 Å². The second-order valence-corrected chi connectivity index (χ2v) is 12.1. The molecule has 2 amide bonds. The molecule has 250 valence electrons. The molecular weight excluding hydrogens is 766 g/mol. The lowest BCUT2D eigenvalue weighted by Crippen LogP contribution is -2.45. The average molecular weight is 799 g/mol. The van der Waals surface area contributed by atoms with Crippen LogP contribution in [0.15, 0.2) is 64.9 Å². The summed E-state index contributed by atoms with van der Waals surface area (Å²) in [5, 5.41) is 21.1. The van der Waals surface area contributed by atoms with Gasteiger partial charge in [-0.15, -0.1) is 0 Å². The summed E-state index contributed by atoms with van der Waals surface area (Å²) in [6.45, 7) is 3.70. The normalized spacial score (nSPS) is 15.1. The summed E-state index contributed by atoms with van der Waals surface area (Å²) >= 11 is 14.5. The van der Waals surface area contributed by atoms with E-state index in [2.05, 4.69) is 43.8 Å². The third-order valence-corrected chi connectivity index (χ3v) is 7.96. The number of amides is 2. The van der Waals surface area contributed by atoms with E-state index in [1.807, 2.05) is 12.1 Å². The predicted octanol–water partition coefficient (Wildman–Crippen LogP) is 5.71. The Morgan fingerprint density at radius 1 is 1.09 bits per heavy atom. The van der Waals surface area contributed by atoms with Gasteiger partial charge in [-0.2, -0.15) is 5.10 Å². The maximum absolute atomic E-state index is 12.5. The molecule has 47 heavy (non-hydrogen) atoms. The minimum atomic E-state index is -1.21. The van der Waals surface area contributed by atoms with Crippen LogP contribution in [0, 0.1) is 3.57 Å². The van der Waals surface area contributed by atoms with Gasteiger partial charge in [-0.05, 0) is 78.4 Å². The number of benzene rings is 3. The van der Waals surface area contributed by atoms with Gasteiger partial charge in [0.05, 0.1) is 38.7 Å². The highest BCUT2D eigenvalue weighted by Crippen LogP contribution is 2.36. The fraction of sp³-hybridized carbons (Fsp3) is 0.281. The van der Waals surface area contributed by atoms with Crippen LogP contribution in [0.3, 0.4) is 0 Å². The average Bonchev–Trinajstić information content (AvgIpc) is 3.03. The molecular formula is C32H33Cl2IN4O8. The van der Waals surface area contributed by atoms with Crippen molar-refractivity contribution in [2.45, 2.75) is 32.7 Å². The molecule has 1 heterocycles. The first kappa shape index (κ1) is 35.9. The molecule has 0 saturated carbocycles. The van der Waals surface area contributed by atoms with Crippen molar-refractivity contribution in [3.63, 3.8) is 0 Å². The third-order valence-electron chi connectivity index (χ3n) is 6.75. The summed E-state index contributed by atoms with van der Waals surface area (Å²) in [6.07, 6.45) is 0.289. The number of aliphatic hydroxyl groups is 1. The van der Waals surface area contributed by atoms with Crippen molar-refractivity contribution in [2.24, 2.45) is 5.10 Å². The minimum Gasteiger partial charge on any atom is -0.493 e. The van der Waals surface area contributed by atoms with Crippen LogP contribution >= 0.6 is 45.8 Å². The third kappa shape index (κ3) is 9.34. The number of urea groups is 1. The topological polar surface area (TPSA) is 149 Å². The number of ether oxygens (including phenoxy) is 5. The summed E-state index contributed by atoms with van der Waals surface area (Å²) in [5.41, 5.74) is 5.18. The van der Waals surface area contributed by atoms with Crippen LogP contribution in [0.2, 0.25) is 10.0 Å². The van der Waals surface area contributed by atoms with Gasteiger partial charge in [-0.25, -0.2) is 9.59 Å². The van der Waals surface area contributed by atoms with Crippen LogP contribution in [0.1, 0.15) is 36.6 Å². The molecule has 15 heteroatoms. The molecule has 3 aromatic rings. The van der Waals surface area contributed by atoms with E-state index in [4.69, 9.17) is 46.9 Å². The van der Waals surface area contributed by atoms with E-state index >= 15 is 0 Å². The van der Waals surface area contributed by atoms with Gasteiger partial charge in [0.2, 0.25) is 0 Å². The van der Waals surface area contributed by atoms with Crippen molar-refractivity contribution in [3.05, 3.63) is 90.1 Å². The van der Waals surface area contributed by atoms with Crippen LogP contribution in [0.25, 0.3) is 0 Å². The van der Waals surface area contributed by atoms with E-state index in [9.17, 15) is 14.7 Å². The minimum absolute atomic E-state index is 0.155. The standard InChI is InChI=1S/C32H33Cl2IN4O8/c1-5-45-25-11-18(29-28(31(41)44-4)17(2)37-32(42)38-29)7-9-24(25)46-16-27(40)39-36-14-20-10-22(35)13-26(43-3)30(20)47-15-19-6-8-21(33)12-23(19)34/h6-14,27,29,39-40H,5,15-16H2,1-4H3,(H2,37,38,42)/b36-14+/t27-,29-/m0/s1. The Morgan fingerprint density at radius 2 is 1.87 bits per heavy atom. The fourth-order valence-corrected chi connectivity index (χ4v) is 5.68. The summed E-state index contributed by atoms with van der Waals surface area (Å²) in [5.74, 6) is 1.03. The second kappa shape index (κ2) is 16.8. The van der Waals surface area contributed by atoms with E-state index in [-0.39, 0.29) is 18.8 Å². The van der Waals surface area contributed by atoms with Gasteiger partial charge >= 0.3 is 12.0 Å². The van der Waals surface area contributed by atoms with E-state index in [1.165, 1.54) is 20.4 Å². The van der Waals surface area contributed by atoms with Gasteiger partial charge < -0.3 is 39.4 Å². The number of nitrogens with one attached hydrogen (secondary N) is 3. The van der Waals surface area contributed by atoms with Crippen LogP contribution in [0.4, 0.5) is 4.79 Å². The highest BCUT2D eigenvalue weighted by atomic mass is 127. The number of rotatable bonds is 14. The Balaban J connectivity index is 1.45. The summed E-state index contributed by atoms with van der Waals surface area (Å²) in [6, 6.07) is 12.6. The van der Waals surface area contributed by atoms with Crippen molar-refractivity contribution in [1.82, 2.24) is 16.1 Å². The predicted molar refractivity (Wildman–Crippen MR) is 185 cm³/mol. The van der Waals surface area contributed by atoms with E-state index in [1.54, 1.807) is 50.2 Å². The van der Waals surface area contributed by atoms with Crippen LogP contribution in [0.5, 0.6) is 23.0 Å². The maximum Gasteiger partial charge on any atom is 0.337 e. The molecule has 12 nitrogen and oxygen atoms in total. The first-order valence-electron chi connectivity index (χ1n) is 14.2. The van der Waals surface area contributed by atoms with Gasteiger partial charge in [0.1, 0.15) is 13.2 Å². The lowest BCUT2D eigenvalue weighted by molar-refractivity contribution is -0.136. The van der Waals surface area contributed by atoms with Crippen LogP contribution in [-0.4, -0.2) is 57.0 Å². The van der Waals surface area contributed by atoms with E-state index in [0.29, 0.717) is 56.5 Å². The fourth-order valence-electron chi connectivity index (χ4n) is 4.59. The smallest absolute Gasteiger partial charge is 0.337 e. The van der Waals surface area contributed by atoms with Crippen molar-refractivity contribution in [1.29, 1.82) is 0 Å². The largest absolute Gasteiger partial charge is 0.493 e. The zero-order chi connectivity index (χ0) is 34.1. The Labute approximate surface area is 295 Å². The molecule has 0 aliphatic carbocycles. The number of esters is 1. The van der Waals surface area contributed by atoms with Crippen LogP contribution < -0.4 is 35.0 Å². The number of aliphatic hydroxyl groups excluding tert-OH is 1. The van der Waals surface area contributed by atoms with Crippen molar-refractivity contribution in [3.8, 4) is 23.0 Å². The lowest BCUT2D eigenvalue weighted by Gasteiger charge is -2.28. The molecule has 0 aromatic heterocycles. The maximum atomic E-state index is 12.5. The molecule has 3 aromatic carbocycles. The Morgan fingerprint density at radius 3 is 2.57 bits per heavy atom. The molecule has 0 bridgehead atoms. The van der Waals surface area contributed by atoms with Gasteiger partial charge in [-0.1, -0.05) is 35.3 Å². The molecule has 2 atom stereocenters. The van der Waals surface area contributed by atoms with Crippen LogP contribution in [-0.2, 0) is 16.1 Å². The molecule has 0 unspecified atom stereocenters. The number of halogens is 3. The molecule has 1 aliphatic rings. The number of methoxy groups -OCH3 is 2. The van der Waals surface area contributed by atoms with Gasteiger partial charge in [0, 0.05) is 30.4 Å². The number of nitrogens with zero attached hydrogens (tertiary/aromatic N) is 1. The van der Waals surface area contributed by atoms with E-state index < -0.39 is 24.3 Å². The molecule has 0 fully saturated rings. The number of hydrogen-bond acceptors (Lipinski definition) is 10. The van der Waals surface area contributed by atoms with Gasteiger partial charge in [-0.3, -0.25) is 5.43 Å². The van der Waals surface area contributed by atoms with Crippen molar-refractivity contribution >= 4 is 64.0 Å². The molecule has 4 rings (SSSR count). The highest BCUT2D eigenvalue weighted by molar-refractivity contribution is 14.1. The molecule has 1 aliphatic heterocycles. The molecule has 0 saturated heterocycles. The zero-order valence-corrected chi connectivity index (χ0v) is 29.5. The number of carbonyl (C=O) groups excluding carboxylic acids is 2. The first-order chi connectivity index (χ1) is 22.5. The number of allylic oxidation sites excluding steroid dienone is 1. The number of carbonyl (C=O) groups is 2. The number of hydrogen-bond donors (Lipinski definition) is 4.